The van der Waals surface area contributed by atoms with E-state index in [1.807, 2.05) is 24.3 Å². The zero-order valence-corrected chi connectivity index (χ0v) is 8.03. The van der Waals surface area contributed by atoms with Gasteiger partial charge in [0.1, 0.15) is 0 Å². The van der Waals surface area contributed by atoms with Crippen LogP contribution in [-0.2, 0) is 6.42 Å². The van der Waals surface area contributed by atoms with Crippen LogP contribution in [0.15, 0.2) is 24.3 Å². The van der Waals surface area contributed by atoms with Gasteiger partial charge < -0.3 is 10.2 Å². The molecule has 2 nitrogen and oxygen atoms in total. The predicted molar refractivity (Wildman–Crippen MR) is 55.8 cm³/mol. The maximum atomic E-state index is 8.76. The molecule has 1 aromatic carbocycles. The van der Waals surface area contributed by atoms with Crippen molar-refractivity contribution in [2.75, 3.05) is 13.2 Å². The van der Waals surface area contributed by atoms with Crippen molar-refractivity contribution in [3.8, 4) is 11.8 Å². The number of benzene rings is 1. The van der Waals surface area contributed by atoms with Gasteiger partial charge in [-0.2, -0.15) is 0 Å². The SMILES string of the molecule is OCCC#Cc1cccc(CCO)c1. The largest absolute Gasteiger partial charge is 0.396 e. The Labute approximate surface area is 84.2 Å². The molecule has 2 heteroatoms. The molecule has 0 unspecified atom stereocenters. The van der Waals surface area contributed by atoms with Crippen LogP contribution >= 0.6 is 0 Å². The summed E-state index contributed by atoms with van der Waals surface area (Å²) in [6.45, 7) is 0.261. The van der Waals surface area contributed by atoms with Gasteiger partial charge in [-0.1, -0.05) is 24.0 Å². The molecule has 0 spiro atoms. The summed E-state index contributed by atoms with van der Waals surface area (Å²) in [5, 5.41) is 17.3. The van der Waals surface area contributed by atoms with Gasteiger partial charge in [-0.15, -0.1) is 0 Å². The Morgan fingerprint density at radius 3 is 2.71 bits per heavy atom. The first-order valence-electron chi connectivity index (χ1n) is 4.66. The fraction of sp³-hybridized carbons (Fsp3) is 0.333. The molecule has 0 aliphatic heterocycles. The summed E-state index contributed by atoms with van der Waals surface area (Å²) in [5.74, 6) is 5.81. The lowest BCUT2D eigenvalue weighted by Crippen LogP contribution is -1.90. The molecule has 0 bridgehead atoms. The van der Waals surface area contributed by atoms with Crippen LogP contribution in [0, 0.1) is 11.8 Å². The molecule has 0 aliphatic carbocycles. The van der Waals surface area contributed by atoms with E-state index in [-0.39, 0.29) is 13.2 Å². The molecule has 0 heterocycles. The third kappa shape index (κ3) is 3.61. The third-order valence-corrected chi connectivity index (χ3v) is 1.80. The minimum absolute atomic E-state index is 0.101. The van der Waals surface area contributed by atoms with E-state index in [1.165, 1.54) is 0 Å². The molecular weight excluding hydrogens is 176 g/mol. The number of hydrogen-bond acceptors (Lipinski definition) is 2. The first-order valence-corrected chi connectivity index (χ1v) is 4.66. The zero-order chi connectivity index (χ0) is 10.2. The third-order valence-electron chi connectivity index (χ3n) is 1.80. The lowest BCUT2D eigenvalue weighted by Gasteiger charge is -1.97. The maximum Gasteiger partial charge on any atom is 0.0540 e. The number of hydrogen-bond donors (Lipinski definition) is 2. The van der Waals surface area contributed by atoms with E-state index in [0.29, 0.717) is 12.8 Å². The lowest BCUT2D eigenvalue weighted by atomic mass is 10.1. The van der Waals surface area contributed by atoms with Crippen molar-refractivity contribution >= 4 is 0 Å². The summed E-state index contributed by atoms with van der Waals surface area (Å²) in [6.07, 6.45) is 1.17. The van der Waals surface area contributed by atoms with Crippen molar-refractivity contribution in [3.63, 3.8) is 0 Å². The highest BCUT2D eigenvalue weighted by molar-refractivity contribution is 5.37. The maximum absolute atomic E-state index is 8.76. The van der Waals surface area contributed by atoms with Gasteiger partial charge >= 0.3 is 0 Å². The summed E-state index contributed by atoms with van der Waals surface area (Å²) in [6, 6.07) is 7.77. The zero-order valence-electron chi connectivity index (χ0n) is 8.03. The van der Waals surface area contributed by atoms with E-state index < -0.39 is 0 Å². The Morgan fingerprint density at radius 2 is 2.00 bits per heavy atom. The summed E-state index contributed by atoms with van der Waals surface area (Å²) >= 11 is 0. The number of aliphatic hydroxyl groups is 2. The Bertz CT molecular complexity index is 334. The summed E-state index contributed by atoms with van der Waals surface area (Å²) < 4.78 is 0. The van der Waals surface area contributed by atoms with Crippen LogP contribution in [0.3, 0.4) is 0 Å². The highest BCUT2D eigenvalue weighted by Gasteiger charge is 1.92. The molecule has 0 saturated heterocycles. The molecule has 0 saturated carbocycles. The van der Waals surface area contributed by atoms with E-state index in [4.69, 9.17) is 10.2 Å². The fourth-order valence-electron chi connectivity index (χ4n) is 1.15. The summed E-state index contributed by atoms with van der Waals surface area (Å²) in [7, 11) is 0. The van der Waals surface area contributed by atoms with Crippen LogP contribution in [0.5, 0.6) is 0 Å². The second-order valence-electron chi connectivity index (χ2n) is 2.95. The predicted octanol–water partition coefficient (Wildman–Crippen LogP) is 0.955. The summed E-state index contributed by atoms with van der Waals surface area (Å²) in [4.78, 5) is 0. The van der Waals surface area contributed by atoms with Crippen molar-refractivity contribution in [3.05, 3.63) is 35.4 Å². The Balaban J connectivity index is 2.69. The van der Waals surface area contributed by atoms with Gasteiger partial charge in [-0.25, -0.2) is 0 Å². The van der Waals surface area contributed by atoms with Gasteiger partial charge in [0, 0.05) is 18.6 Å². The van der Waals surface area contributed by atoms with Gasteiger partial charge in [0.25, 0.3) is 0 Å². The van der Waals surface area contributed by atoms with Gasteiger partial charge in [0.2, 0.25) is 0 Å². The van der Waals surface area contributed by atoms with Crippen LogP contribution < -0.4 is 0 Å². The number of aliphatic hydroxyl groups excluding tert-OH is 2. The molecule has 14 heavy (non-hydrogen) atoms. The lowest BCUT2D eigenvalue weighted by molar-refractivity contribution is 0.299. The van der Waals surface area contributed by atoms with Crippen LogP contribution in [0.1, 0.15) is 17.5 Å². The van der Waals surface area contributed by atoms with Crippen molar-refractivity contribution in [2.45, 2.75) is 12.8 Å². The molecule has 0 amide bonds. The van der Waals surface area contributed by atoms with Crippen LogP contribution in [0.2, 0.25) is 0 Å². The molecule has 0 aromatic heterocycles. The molecule has 0 aliphatic rings. The van der Waals surface area contributed by atoms with Crippen molar-refractivity contribution in [2.24, 2.45) is 0 Å². The minimum Gasteiger partial charge on any atom is -0.396 e. The molecule has 0 fully saturated rings. The normalized spacial score (nSPS) is 9.29. The van der Waals surface area contributed by atoms with Crippen LogP contribution in [-0.4, -0.2) is 23.4 Å². The van der Waals surface area contributed by atoms with E-state index in [2.05, 4.69) is 11.8 Å². The highest BCUT2D eigenvalue weighted by atomic mass is 16.3. The van der Waals surface area contributed by atoms with Gasteiger partial charge in [-0.05, 0) is 24.1 Å². The second kappa shape index (κ2) is 6.20. The monoisotopic (exact) mass is 190 g/mol. The highest BCUT2D eigenvalue weighted by Crippen LogP contribution is 2.04. The minimum atomic E-state index is 0.101. The molecule has 0 radical (unpaired) electrons. The Kier molecular flexibility index (Phi) is 4.77. The Hall–Kier alpha value is -1.30. The molecule has 1 rings (SSSR count). The first-order chi connectivity index (χ1) is 6.86. The molecule has 74 valence electrons. The second-order valence-corrected chi connectivity index (χ2v) is 2.95. The topological polar surface area (TPSA) is 40.5 Å². The van der Waals surface area contributed by atoms with E-state index >= 15 is 0 Å². The smallest absolute Gasteiger partial charge is 0.0540 e. The quantitative estimate of drug-likeness (QED) is 0.697. The van der Waals surface area contributed by atoms with Crippen molar-refractivity contribution in [1.29, 1.82) is 0 Å². The van der Waals surface area contributed by atoms with E-state index in [9.17, 15) is 0 Å². The standard InChI is InChI=1S/C12H14O2/c13-8-2-1-4-11-5-3-6-12(10-11)7-9-14/h3,5-6,10,13-14H,2,7-9H2. The van der Waals surface area contributed by atoms with Crippen molar-refractivity contribution < 1.29 is 10.2 Å². The average Bonchev–Trinajstić information content (AvgIpc) is 2.19. The van der Waals surface area contributed by atoms with Crippen LogP contribution in [0.4, 0.5) is 0 Å². The fourth-order valence-corrected chi connectivity index (χ4v) is 1.15. The number of rotatable bonds is 3. The van der Waals surface area contributed by atoms with Crippen LogP contribution in [0.25, 0.3) is 0 Å². The molecule has 1 aromatic rings. The van der Waals surface area contributed by atoms with E-state index in [0.717, 1.165) is 11.1 Å². The van der Waals surface area contributed by atoms with Crippen molar-refractivity contribution in [1.82, 2.24) is 0 Å². The molecule has 0 atom stereocenters. The summed E-state index contributed by atoms with van der Waals surface area (Å²) in [5.41, 5.74) is 2.02. The van der Waals surface area contributed by atoms with Gasteiger partial charge in [0.15, 0.2) is 0 Å². The molecule has 2 N–H and O–H groups in total. The first kappa shape index (κ1) is 10.8. The van der Waals surface area contributed by atoms with E-state index in [1.54, 1.807) is 0 Å². The Morgan fingerprint density at radius 1 is 1.14 bits per heavy atom. The van der Waals surface area contributed by atoms with Gasteiger partial charge in [0.05, 0.1) is 6.61 Å². The average molecular weight is 190 g/mol. The molecular formula is C12H14O2. The van der Waals surface area contributed by atoms with Gasteiger partial charge in [-0.3, -0.25) is 0 Å².